The molecule has 0 bridgehead atoms. The van der Waals surface area contributed by atoms with Crippen LogP contribution in [0.2, 0.25) is 5.02 Å². The zero-order valence-electron chi connectivity index (χ0n) is 10.5. The number of hydrogen-bond acceptors (Lipinski definition) is 2. The number of amides is 2. The summed E-state index contributed by atoms with van der Waals surface area (Å²) in [6, 6.07) is 5.34. The summed E-state index contributed by atoms with van der Waals surface area (Å²) in [4.78, 5) is 25.2. The Balaban J connectivity index is 2.09. The molecule has 102 valence electrons. The lowest BCUT2D eigenvalue weighted by Gasteiger charge is -2.17. The van der Waals surface area contributed by atoms with E-state index in [4.69, 9.17) is 11.6 Å². The van der Waals surface area contributed by atoms with Gasteiger partial charge in [0.2, 0.25) is 5.91 Å². The molecule has 1 N–H and O–H groups in total. The first-order chi connectivity index (χ1) is 8.97. The van der Waals surface area contributed by atoms with Crippen molar-refractivity contribution in [1.82, 2.24) is 10.2 Å². The van der Waals surface area contributed by atoms with Crippen molar-refractivity contribution in [2.24, 2.45) is 0 Å². The summed E-state index contributed by atoms with van der Waals surface area (Å²) in [7, 11) is 0. The zero-order chi connectivity index (χ0) is 14.0. The average Bonchev–Trinajstić information content (AvgIpc) is 2.79. The Morgan fingerprint density at radius 1 is 1.47 bits per heavy atom. The van der Waals surface area contributed by atoms with E-state index in [1.807, 2.05) is 6.07 Å². The fourth-order valence-corrected chi connectivity index (χ4v) is 2.92. The second-order valence-electron chi connectivity index (χ2n) is 4.56. The Morgan fingerprint density at radius 3 is 2.89 bits per heavy atom. The fourth-order valence-electron chi connectivity index (χ4n) is 2.18. The standard InChI is InChI=1S/C13H14ClIN2O2/c1-8(18)16-10-4-5-17(7-10)13(19)11-6-9(14)2-3-12(11)15/h2-3,6,10H,4-5,7H2,1H3,(H,16,18). The van der Waals surface area contributed by atoms with E-state index < -0.39 is 0 Å². The summed E-state index contributed by atoms with van der Waals surface area (Å²) < 4.78 is 0.884. The van der Waals surface area contributed by atoms with Crippen LogP contribution in [0.3, 0.4) is 0 Å². The molecule has 1 heterocycles. The number of nitrogens with one attached hydrogen (secondary N) is 1. The number of benzene rings is 1. The second kappa shape index (κ2) is 6.09. The van der Waals surface area contributed by atoms with Crippen molar-refractivity contribution in [3.63, 3.8) is 0 Å². The summed E-state index contributed by atoms with van der Waals surface area (Å²) in [5.41, 5.74) is 0.622. The third-order valence-corrected chi connectivity index (χ3v) is 4.22. The minimum Gasteiger partial charge on any atom is -0.352 e. The van der Waals surface area contributed by atoms with Crippen LogP contribution >= 0.6 is 34.2 Å². The molecule has 1 atom stereocenters. The fraction of sp³-hybridized carbons (Fsp3) is 0.385. The Morgan fingerprint density at radius 2 is 2.21 bits per heavy atom. The molecule has 1 aromatic carbocycles. The predicted octanol–water partition coefficient (Wildman–Crippen LogP) is 2.30. The van der Waals surface area contributed by atoms with E-state index >= 15 is 0 Å². The van der Waals surface area contributed by atoms with E-state index in [9.17, 15) is 9.59 Å². The maximum atomic E-state index is 12.4. The number of hydrogen-bond donors (Lipinski definition) is 1. The van der Waals surface area contributed by atoms with Gasteiger partial charge in [0, 0.05) is 34.6 Å². The molecule has 1 aromatic rings. The Hall–Kier alpha value is -0.820. The first-order valence-corrected chi connectivity index (χ1v) is 7.44. The van der Waals surface area contributed by atoms with Gasteiger partial charge < -0.3 is 10.2 Å². The van der Waals surface area contributed by atoms with Crippen molar-refractivity contribution in [2.75, 3.05) is 13.1 Å². The summed E-state index contributed by atoms with van der Waals surface area (Å²) in [5, 5.41) is 3.40. The number of nitrogens with zero attached hydrogens (tertiary/aromatic N) is 1. The Bertz CT molecular complexity index is 521. The van der Waals surface area contributed by atoms with Crippen LogP contribution in [-0.2, 0) is 4.79 Å². The normalized spacial score (nSPS) is 18.5. The van der Waals surface area contributed by atoms with E-state index in [-0.39, 0.29) is 17.9 Å². The van der Waals surface area contributed by atoms with Crippen LogP contribution in [0.1, 0.15) is 23.7 Å². The van der Waals surface area contributed by atoms with Crippen molar-refractivity contribution >= 4 is 46.0 Å². The van der Waals surface area contributed by atoms with Gasteiger partial charge >= 0.3 is 0 Å². The molecular formula is C13H14ClIN2O2. The van der Waals surface area contributed by atoms with Crippen LogP contribution in [0.25, 0.3) is 0 Å². The van der Waals surface area contributed by atoms with Gasteiger partial charge in [-0.15, -0.1) is 0 Å². The van der Waals surface area contributed by atoms with Gasteiger partial charge in [-0.3, -0.25) is 9.59 Å². The maximum Gasteiger partial charge on any atom is 0.255 e. The van der Waals surface area contributed by atoms with Gasteiger partial charge in [0.15, 0.2) is 0 Å². The molecule has 2 amide bonds. The highest BCUT2D eigenvalue weighted by Crippen LogP contribution is 2.21. The van der Waals surface area contributed by atoms with Crippen molar-refractivity contribution in [1.29, 1.82) is 0 Å². The van der Waals surface area contributed by atoms with Crippen molar-refractivity contribution in [3.05, 3.63) is 32.4 Å². The topological polar surface area (TPSA) is 49.4 Å². The zero-order valence-corrected chi connectivity index (χ0v) is 13.4. The van der Waals surface area contributed by atoms with Crippen molar-refractivity contribution in [2.45, 2.75) is 19.4 Å². The molecule has 1 unspecified atom stereocenters. The monoisotopic (exact) mass is 392 g/mol. The third-order valence-electron chi connectivity index (χ3n) is 3.04. The molecular weight excluding hydrogens is 379 g/mol. The molecule has 0 aliphatic carbocycles. The largest absolute Gasteiger partial charge is 0.352 e. The van der Waals surface area contributed by atoms with Gasteiger partial charge in [-0.25, -0.2) is 0 Å². The van der Waals surface area contributed by atoms with Crippen molar-refractivity contribution < 1.29 is 9.59 Å². The van der Waals surface area contributed by atoms with Crippen LogP contribution in [-0.4, -0.2) is 35.8 Å². The SMILES string of the molecule is CC(=O)NC1CCN(C(=O)c2cc(Cl)ccc2I)C1. The summed E-state index contributed by atoms with van der Waals surface area (Å²) >= 11 is 8.06. The van der Waals surface area contributed by atoms with Gasteiger partial charge in [0.05, 0.1) is 5.56 Å². The van der Waals surface area contributed by atoms with E-state index in [1.54, 1.807) is 17.0 Å². The highest BCUT2D eigenvalue weighted by molar-refractivity contribution is 14.1. The molecule has 0 aromatic heterocycles. The van der Waals surface area contributed by atoms with Crippen LogP contribution in [0, 0.1) is 3.57 Å². The molecule has 0 radical (unpaired) electrons. The molecule has 19 heavy (non-hydrogen) atoms. The Labute approximate surface area is 130 Å². The highest BCUT2D eigenvalue weighted by Gasteiger charge is 2.28. The van der Waals surface area contributed by atoms with Gasteiger partial charge in [-0.2, -0.15) is 0 Å². The summed E-state index contributed by atoms with van der Waals surface area (Å²) in [6.45, 7) is 2.71. The minimum absolute atomic E-state index is 0.0280. The molecule has 1 aliphatic heterocycles. The van der Waals surface area contributed by atoms with Crippen LogP contribution in [0.15, 0.2) is 18.2 Å². The Kier molecular flexibility index (Phi) is 4.67. The van der Waals surface area contributed by atoms with Gasteiger partial charge in [0.1, 0.15) is 0 Å². The lowest BCUT2D eigenvalue weighted by molar-refractivity contribution is -0.119. The molecule has 0 saturated carbocycles. The maximum absolute atomic E-state index is 12.4. The van der Waals surface area contributed by atoms with E-state index in [0.717, 1.165) is 9.99 Å². The smallest absolute Gasteiger partial charge is 0.255 e. The molecule has 1 aliphatic rings. The van der Waals surface area contributed by atoms with Crippen molar-refractivity contribution in [3.8, 4) is 0 Å². The lowest BCUT2D eigenvalue weighted by atomic mass is 10.2. The number of halogens is 2. The lowest BCUT2D eigenvalue weighted by Crippen LogP contribution is -2.37. The van der Waals surface area contributed by atoms with E-state index in [1.165, 1.54) is 6.92 Å². The third kappa shape index (κ3) is 3.60. The van der Waals surface area contributed by atoms with Crippen LogP contribution < -0.4 is 5.32 Å². The average molecular weight is 393 g/mol. The molecule has 6 heteroatoms. The van der Waals surface area contributed by atoms with Crippen LogP contribution in [0.4, 0.5) is 0 Å². The summed E-state index contributed by atoms with van der Waals surface area (Å²) in [5.74, 6) is -0.0867. The first kappa shape index (κ1) is 14.6. The second-order valence-corrected chi connectivity index (χ2v) is 6.16. The minimum atomic E-state index is -0.0587. The molecule has 0 spiro atoms. The number of rotatable bonds is 2. The van der Waals surface area contributed by atoms with Gasteiger partial charge in [-0.1, -0.05) is 11.6 Å². The summed E-state index contributed by atoms with van der Waals surface area (Å²) in [6.07, 6.45) is 0.794. The first-order valence-electron chi connectivity index (χ1n) is 5.99. The number of carbonyl (C=O) groups excluding carboxylic acids is 2. The van der Waals surface area contributed by atoms with Crippen LogP contribution in [0.5, 0.6) is 0 Å². The molecule has 1 fully saturated rings. The van der Waals surface area contributed by atoms with E-state index in [0.29, 0.717) is 23.7 Å². The highest BCUT2D eigenvalue weighted by atomic mass is 127. The van der Waals surface area contributed by atoms with E-state index in [2.05, 4.69) is 27.9 Å². The molecule has 1 saturated heterocycles. The quantitative estimate of drug-likeness (QED) is 0.785. The predicted molar refractivity (Wildman–Crippen MR) is 82.3 cm³/mol. The number of carbonyl (C=O) groups is 2. The molecule has 2 rings (SSSR count). The number of likely N-dealkylation sites (tertiary alicyclic amines) is 1. The molecule has 4 nitrogen and oxygen atoms in total. The van der Waals surface area contributed by atoms with Gasteiger partial charge in [0.25, 0.3) is 5.91 Å². The van der Waals surface area contributed by atoms with Gasteiger partial charge in [-0.05, 0) is 47.2 Å².